The number of rotatable bonds is 11. The van der Waals surface area contributed by atoms with Crippen molar-refractivity contribution in [3.63, 3.8) is 0 Å². The van der Waals surface area contributed by atoms with Crippen molar-refractivity contribution in [2.45, 2.75) is 25.9 Å². The lowest BCUT2D eigenvalue weighted by atomic mass is 9.84. The van der Waals surface area contributed by atoms with Crippen LogP contribution in [0.2, 0.25) is 0 Å². The number of carbonyl (C=O) groups is 4. The van der Waals surface area contributed by atoms with Crippen LogP contribution in [-0.4, -0.2) is 45.4 Å². The van der Waals surface area contributed by atoms with Crippen LogP contribution in [0, 0.1) is 7.14 Å². The molecule has 1 atom stereocenters. The lowest BCUT2D eigenvalue weighted by Gasteiger charge is -2.21. The number of nitrogens with one attached hydrogen (secondary N) is 1. The number of carbonyl (C=O) groups excluding carboxylic acids is 3. The van der Waals surface area contributed by atoms with E-state index in [1.807, 2.05) is 59.0 Å². The lowest BCUT2D eigenvalue weighted by Crippen LogP contribution is -2.20. The molecule has 11 heteroatoms. The van der Waals surface area contributed by atoms with Gasteiger partial charge in [-0.15, -0.1) is 0 Å². The monoisotopic (exact) mass is 819 g/mol. The highest BCUT2D eigenvalue weighted by Gasteiger charge is 2.29. The van der Waals surface area contributed by atoms with E-state index in [0.29, 0.717) is 24.0 Å². The Morgan fingerprint density at radius 3 is 2.00 bits per heavy atom. The van der Waals surface area contributed by atoms with Crippen molar-refractivity contribution in [1.82, 2.24) is 0 Å². The molecule has 44 heavy (non-hydrogen) atoms. The Bertz CT molecular complexity index is 1710. The highest BCUT2D eigenvalue weighted by Crippen LogP contribution is 2.35. The summed E-state index contributed by atoms with van der Waals surface area (Å²) in [7, 11) is 0. The number of phenolic OH excluding ortho intramolecular Hbond substituents is 1. The van der Waals surface area contributed by atoms with Crippen molar-refractivity contribution >= 4 is 74.3 Å². The van der Waals surface area contributed by atoms with Crippen molar-refractivity contribution in [2.24, 2.45) is 0 Å². The number of ketones is 2. The van der Waals surface area contributed by atoms with Gasteiger partial charge in [0, 0.05) is 27.9 Å². The number of benzene rings is 4. The molecule has 0 saturated heterocycles. The summed E-state index contributed by atoms with van der Waals surface area (Å²) in [4.78, 5) is 52.1. The Labute approximate surface area is 280 Å². The number of ether oxygens (including phenoxy) is 1. The number of hydrogen-bond donors (Lipinski definition) is 4. The van der Waals surface area contributed by atoms with E-state index in [-0.39, 0.29) is 39.6 Å². The topological polar surface area (TPSA) is 150 Å². The second kappa shape index (κ2) is 14.3. The van der Waals surface area contributed by atoms with E-state index in [2.05, 4.69) is 5.32 Å². The number of Topliss-reactive ketones (excluding diaryl/α,β-unsaturated/α-hetero) is 1. The van der Waals surface area contributed by atoms with E-state index in [9.17, 15) is 29.4 Å². The second-order valence-electron chi connectivity index (χ2n) is 10.1. The molecule has 4 aromatic carbocycles. The molecular formula is C33H27I2NO8. The zero-order chi connectivity index (χ0) is 32.1. The van der Waals surface area contributed by atoms with Gasteiger partial charge in [0.25, 0.3) is 5.91 Å². The molecule has 0 radical (unpaired) electrons. The van der Waals surface area contributed by atoms with Crippen molar-refractivity contribution < 1.29 is 39.2 Å². The van der Waals surface area contributed by atoms with Gasteiger partial charge < -0.3 is 25.4 Å². The average Bonchev–Trinajstić information content (AvgIpc) is 2.99. The van der Waals surface area contributed by atoms with Crippen LogP contribution < -0.4 is 10.1 Å². The molecule has 0 aliphatic rings. The third-order valence-corrected chi connectivity index (χ3v) is 8.22. The summed E-state index contributed by atoms with van der Waals surface area (Å²) >= 11 is 3.92. The molecule has 0 aromatic heterocycles. The van der Waals surface area contributed by atoms with Gasteiger partial charge in [-0.2, -0.15) is 0 Å². The molecule has 0 heterocycles. The van der Waals surface area contributed by atoms with Crippen LogP contribution in [-0.2, 0) is 4.79 Å². The average molecular weight is 819 g/mol. The van der Waals surface area contributed by atoms with Gasteiger partial charge in [-0.25, -0.2) is 4.79 Å². The molecule has 0 fully saturated rings. The first-order valence-corrected chi connectivity index (χ1v) is 15.5. The van der Waals surface area contributed by atoms with Gasteiger partial charge in [0.15, 0.2) is 18.2 Å². The van der Waals surface area contributed by atoms with E-state index < -0.39 is 36.2 Å². The van der Waals surface area contributed by atoms with Gasteiger partial charge in [0.2, 0.25) is 0 Å². The molecule has 226 valence electrons. The molecule has 9 nitrogen and oxygen atoms in total. The number of hydrogen-bond acceptors (Lipinski definition) is 7. The van der Waals surface area contributed by atoms with E-state index in [1.165, 1.54) is 36.4 Å². The Morgan fingerprint density at radius 2 is 1.43 bits per heavy atom. The summed E-state index contributed by atoms with van der Waals surface area (Å²) in [6.45, 7) is 3.10. The maximum Gasteiger partial charge on any atom is 0.341 e. The van der Waals surface area contributed by atoms with Crippen molar-refractivity contribution in [2.75, 3.05) is 11.9 Å². The summed E-state index contributed by atoms with van der Waals surface area (Å²) in [6.07, 6.45) is -1.52. The fraction of sp³-hybridized carbons (Fsp3) is 0.152. The third kappa shape index (κ3) is 7.63. The van der Waals surface area contributed by atoms with Gasteiger partial charge >= 0.3 is 5.97 Å². The standard InChI is InChI=1S/C33H27I2NO8/c1-17(2)28-23(29(40)20-12-25(34)32(26(35)13-20)44-16-27(38)39)14-21(36-33(43)19-8-10-22(37)11-9-19)15-24(28)31(42)30(41)18-6-4-3-5-7-18/h3-15,17,30,37,41H,16H2,1-2H3,(H,36,43)(H,38,39). The minimum absolute atomic E-state index is 0.0119. The minimum Gasteiger partial charge on any atom is -0.508 e. The molecule has 4 aromatic rings. The molecule has 0 saturated carbocycles. The molecule has 0 bridgehead atoms. The van der Waals surface area contributed by atoms with Crippen LogP contribution in [0.1, 0.15) is 73.6 Å². The van der Waals surface area contributed by atoms with Crippen molar-refractivity contribution in [3.05, 3.63) is 119 Å². The first-order chi connectivity index (χ1) is 20.9. The Kier molecular flexibility index (Phi) is 10.8. The second-order valence-corrected chi connectivity index (χ2v) is 12.4. The molecule has 4 rings (SSSR count). The van der Waals surface area contributed by atoms with Crippen LogP contribution in [0.25, 0.3) is 0 Å². The number of aliphatic hydroxyl groups is 1. The fourth-order valence-electron chi connectivity index (χ4n) is 4.61. The molecule has 1 unspecified atom stereocenters. The van der Waals surface area contributed by atoms with Gasteiger partial charge in [-0.1, -0.05) is 44.2 Å². The number of aliphatic carboxylic acids is 1. The summed E-state index contributed by atoms with van der Waals surface area (Å²) in [5, 5.41) is 32.4. The summed E-state index contributed by atoms with van der Waals surface area (Å²) in [6, 6.07) is 20.1. The van der Waals surface area contributed by atoms with Gasteiger partial charge in [0.05, 0.1) is 7.14 Å². The molecular weight excluding hydrogens is 792 g/mol. The van der Waals surface area contributed by atoms with E-state index in [1.54, 1.807) is 42.5 Å². The first-order valence-electron chi connectivity index (χ1n) is 13.3. The van der Waals surface area contributed by atoms with Gasteiger partial charge in [0.1, 0.15) is 17.6 Å². The lowest BCUT2D eigenvalue weighted by molar-refractivity contribution is -0.139. The predicted octanol–water partition coefficient (Wildman–Crippen LogP) is 6.59. The number of anilines is 1. The first kappa shape index (κ1) is 33.1. The minimum atomic E-state index is -1.52. The Hall–Kier alpha value is -3.82. The molecule has 4 N–H and O–H groups in total. The zero-order valence-corrected chi connectivity index (χ0v) is 27.8. The number of amides is 1. The number of phenols is 1. The van der Waals surface area contributed by atoms with Crippen LogP contribution >= 0.6 is 45.2 Å². The van der Waals surface area contributed by atoms with Crippen LogP contribution in [0.4, 0.5) is 5.69 Å². The van der Waals surface area contributed by atoms with Crippen molar-refractivity contribution in [1.29, 1.82) is 0 Å². The van der Waals surface area contributed by atoms with E-state index >= 15 is 0 Å². The summed E-state index contributed by atoms with van der Waals surface area (Å²) in [5.74, 6) is -2.79. The van der Waals surface area contributed by atoms with E-state index in [0.717, 1.165) is 0 Å². The number of halogens is 2. The fourth-order valence-corrected chi connectivity index (χ4v) is 6.69. The highest BCUT2D eigenvalue weighted by molar-refractivity contribution is 14.1. The van der Waals surface area contributed by atoms with Gasteiger partial charge in [-0.05, 0) is 111 Å². The quantitative estimate of drug-likeness (QED) is 0.0979. The maximum atomic E-state index is 14.2. The van der Waals surface area contributed by atoms with Gasteiger partial charge in [-0.3, -0.25) is 14.4 Å². The summed E-state index contributed by atoms with van der Waals surface area (Å²) in [5.41, 5.74) is 1.65. The normalized spacial score (nSPS) is 11.6. The largest absolute Gasteiger partial charge is 0.508 e. The Balaban J connectivity index is 1.86. The molecule has 1 amide bonds. The number of aliphatic hydroxyl groups excluding tert-OH is 1. The third-order valence-electron chi connectivity index (χ3n) is 6.62. The summed E-state index contributed by atoms with van der Waals surface area (Å²) < 4.78 is 6.42. The highest BCUT2D eigenvalue weighted by atomic mass is 127. The van der Waals surface area contributed by atoms with Crippen LogP contribution in [0.15, 0.2) is 78.9 Å². The van der Waals surface area contributed by atoms with Crippen LogP contribution in [0.5, 0.6) is 11.5 Å². The molecule has 0 spiro atoms. The number of aromatic hydroxyl groups is 1. The molecule has 0 aliphatic heterocycles. The van der Waals surface area contributed by atoms with Crippen LogP contribution in [0.3, 0.4) is 0 Å². The maximum absolute atomic E-state index is 14.2. The zero-order valence-electron chi connectivity index (χ0n) is 23.5. The number of carboxylic acid groups (broad SMARTS) is 1. The van der Waals surface area contributed by atoms with E-state index in [4.69, 9.17) is 9.84 Å². The smallest absolute Gasteiger partial charge is 0.341 e. The number of carboxylic acids is 1. The molecule has 0 aliphatic carbocycles. The van der Waals surface area contributed by atoms with Crippen molar-refractivity contribution in [3.8, 4) is 11.5 Å². The predicted molar refractivity (Wildman–Crippen MR) is 181 cm³/mol. The SMILES string of the molecule is CC(C)c1c(C(=O)c2cc(I)c(OCC(=O)O)c(I)c2)cc(NC(=O)c2ccc(O)cc2)cc1C(=O)C(O)c1ccccc1. The Morgan fingerprint density at radius 1 is 0.841 bits per heavy atom.